The van der Waals surface area contributed by atoms with Gasteiger partial charge in [-0.1, -0.05) is 18.0 Å². The van der Waals surface area contributed by atoms with E-state index in [1.165, 1.54) is 25.3 Å². The maximum Gasteiger partial charge on any atom is 0.338 e. The van der Waals surface area contributed by atoms with Gasteiger partial charge < -0.3 is 14.0 Å². The fourth-order valence-corrected chi connectivity index (χ4v) is 4.98. The molecule has 2 heterocycles. The fourth-order valence-electron chi connectivity index (χ4n) is 3.48. The molecular weight excluding hydrogens is 436 g/mol. The average Bonchev–Trinajstić information content (AvgIpc) is 3.49. The SMILES string of the molecule is COc1ccc(C(=O)OCc2nc(-c3cccnc3)no2)cc1S(=O)(=O)NC1CCCC1. The number of nitrogens with one attached hydrogen (secondary N) is 1. The number of aromatic nitrogens is 3. The minimum atomic E-state index is -3.87. The van der Waals surface area contributed by atoms with Gasteiger partial charge >= 0.3 is 5.97 Å². The smallest absolute Gasteiger partial charge is 0.338 e. The normalized spacial score (nSPS) is 14.4. The zero-order valence-corrected chi connectivity index (χ0v) is 18.2. The number of esters is 1. The standard InChI is InChI=1S/C21H22N4O6S/c1-29-17-9-8-14(11-18(17)32(27,28)25-16-6-2-3-7-16)21(26)30-13-19-23-20(24-31-19)15-5-4-10-22-12-15/h4-5,8-12,16,25H,2-3,6-7,13H2,1H3. The number of hydrogen-bond acceptors (Lipinski definition) is 9. The predicted molar refractivity (Wildman–Crippen MR) is 112 cm³/mol. The molecule has 0 aliphatic heterocycles. The van der Waals surface area contributed by atoms with E-state index in [-0.39, 0.29) is 34.7 Å². The molecule has 0 saturated heterocycles. The molecule has 1 aliphatic carbocycles. The van der Waals surface area contributed by atoms with Crippen molar-refractivity contribution in [2.45, 2.75) is 43.2 Å². The third-order valence-electron chi connectivity index (χ3n) is 5.08. The van der Waals surface area contributed by atoms with Crippen molar-refractivity contribution in [1.82, 2.24) is 19.8 Å². The second-order valence-corrected chi connectivity index (χ2v) is 8.98. The van der Waals surface area contributed by atoms with Crippen LogP contribution in [0.5, 0.6) is 5.75 Å². The molecule has 10 nitrogen and oxygen atoms in total. The summed E-state index contributed by atoms with van der Waals surface area (Å²) in [7, 11) is -2.49. The Hall–Kier alpha value is -3.31. The fraction of sp³-hybridized carbons (Fsp3) is 0.333. The highest BCUT2D eigenvalue weighted by atomic mass is 32.2. The van der Waals surface area contributed by atoms with Gasteiger partial charge in [0.2, 0.25) is 15.8 Å². The van der Waals surface area contributed by atoms with E-state index in [0.717, 1.165) is 25.7 Å². The third-order valence-corrected chi connectivity index (χ3v) is 6.62. The van der Waals surface area contributed by atoms with Gasteiger partial charge in [0.1, 0.15) is 10.6 Å². The summed E-state index contributed by atoms with van der Waals surface area (Å²) in [5.41, 5.74) is 0.721. The minimum absolute atomic E-state index is 0.0598. The van der Waals surface area contributed by atoms with E-state index in [4.69, 9.17) is 14.0 Å². The Kier molecular flexibility index (Phi) is 6.47. The molecule has 0 spiro atoms. The molecule has 4 rings (SSSR count). The van der Waals surface area contributed by atoms with E-state index >= 15 is 0 Å². The number of benzene rings is 1. The lowest BCUT2D eigenvalue weighted by molar-refractivity contribution is 0.0429. The summed E-state index contributed by atoms with van der Waals surface area (Å²) in [6.07, 6.45) is 6.74. The predicted octanol–water partition coefficient (Wildman–Crippen LogP) is 2.72. The zero-order chi connectivity index (χ0) is 22.6. The number of carbonyl (C=O) groups excluding carboxylic acids is 1. The summed E-state index contributed by atoms with van der Waals surface area (Å²) >= 11 is 0. The van der Waals surface area contributed by atoms with E-state index in [0.29, 0.717) is 11.4 Å². The van der Waals surface area contributed by atoms with Crippen LogP contribution in [0.15, 0.2) is 52.1 Å². The molecule has 32 heavy (non-hydrogen) atoms. The largest absolute Gasteiger partial charge is 0.495 e. The zero-order valence-electron chi connectivity index (χ0n) is 17.4. The van der Waals surface area contributed by atoms with Gasteiger partial charge in [-0.25, -0.2) is 17.9 Å². The Labute approximate surface area is 185 Å². The van der Waals surface area contributed by atoms with Crippen LogP contribution in [-0.4, -0.2) is 42.7 Å². The van der Waals surface area contributed by atoms with E-state index in [1.807, 2.05) is 0 Å². The molecule has 168 valence electrons. The van der Waals surface area contributed by atoms with Gasteiger partial charge in [-0.15, -0.1) is 0 Å². The molecule has 3 aromatic rings. The first-order valence-corrected chi connectivity index (χ1v) is 11.5. The maximum absolute atomic E-state index is 12.9. The Morgan fingerprint density at radius 3 is 2.78 bits per heavy atom. The van der Waals surface area contributed by atoms with Crippen molar-refractivity contribution in [1.29, 1.82) is 0 Å². The van der Waals surface area contributed by atoms with Crippen molar-refractivity contribution in [2.24, 2.45) is 0 Å². The monoisotopic (exact) mass is 458 g/mol. The minimum Gasteiger partial charge on any atom is -0.495 e. The van der Waals surface area contributed by atoms with E-state index < -0.39 is 16.0 Å². The van der Waals surface area contributed by atoms with Gasteiger partial charge in [-0.05, 0) is 43.2 Å². The lowest BCUT2D eigenvalue weighted by atomic mass is 10.2. The summed E-state index contributed by atoms with van der Waals surface area (Å²) < 4.78 is 44.0. The third kappa shape index (κ3) is 4.94. The number of pyridine rings is 1. The number of carbonyl (C=O) groups is 1. The molecule has 1 N–H and O–H groups in total. The van der Waals surface area contributed by atoms with Crippen LogP contribution in [0.2, 0.25) is 0 Å². The number of methoxy groups -OCH3 is 1. The molecule has 2 aromatic heterocycles. The first-order valence-electron chi connectivity index (χ1n) is 10.1. The number of ether oxygens (including phenoxy) is 2. The van der Waals surface area contributed by atoms with E-state index in [9.17, 15) is 13.2 Å². The molecule has 0 bridgehead atoms. The summed E-state index contributed by atoms with van der Waals surface area (Å²) in [5.74, 6) is -0.169. The van der Waals surface area contributed by atoms with Crippen LogP contribution in [0.1, 0.15) is 41.9 Å². The first-order chi connectivity index (χ1) is 15.5. The van der Waals surface area contributed by atoms with Gasteiger partial charge in [-0.2, -0.15) is 4.98 Å². The summed E-state index contributed by atoms with van der Waals surface area (Å²) in [5, 5.41) is 3.83. The number of nitrogens with zero attached hydrogens (tertiary/aromatic N) is 3. The van der Waals surface area contributed by atoms with Crippen LogP contribution in [-0.2, 0) is 21.4 Å². The highest BCUT2D eigenvalue weighted by molar-refractivity contribution is 7.89. The van der Waals surface area contributed by atoms with Crippen LogP contribution >= 0.6 is 0 Å². The van der Waals surface area contributed by atoms with Gasteiger partial charge in [-0.3, -0.25) is 4.98 Å². The molecule has 1 fully saturated rings. The van der Waals surface area contributed by atoms with E-state index in [2.05, 4.69) is 19.8 Å². The Morgan fingerprint density at radius 1 is 1.25 bits per heavy atom. The van der Waals surface area contributed by atoms with Crippen molar-refractivity contribution in [3.8, 4) is 17.1 Å². The highest BCUT2D eigenvalue weighted by Gasteiger charge is 2.27. The Bertz CT molecular complexity index is 1190. The molecule has 1 aliphatic rings. The number of sulfonamides is 1. The Morgan fingerprint density at radius 2 is 2.06 bits per heavy atom. The van der Waals surface area contributed by atoms with Crippen molar-refractivity contribution in [3.05, 3.63) is 54.2 Å². The topological polar surface area (TPSA) is 134 Å². The van der Waals surface area contributed by atoms with Crippen molar-refractivity contribution in [2.75, 3.05) is 7.11 Å². The number of hydrogen-bond donors (Lipinski definition) is 1. The van der Waals surface area contributed by atoms with Crippen molar-refractivity contribution >= 4 is 16.0 Å². The maximum atomic E-state index is 12.9. The quantitative estimate of drug-likeness (QED) is 0.506. The highest BCUT2D eigenvalue weighted by Crippen LogP contribution is 2.27. The molecule has 0 amide bonds. The molecule has 0 unspecified atom stereocenters. The van der Waals surface area contributed by atoms with Gasteiger partial charge in [0, 0.05) is 24.0 Å². The van der Waals surface area contributed by atoms with Gasteiger partial charge in [0.05, 0.1) is 12.7 Å². The van der Waals surface area contributed by atoms with Crippen LogP contribution < -0.4 is 9.46 Å². The first kappa shape index (κ1) is 21.9. The van der Waals surface area contributed by atoms with E-state index in [1.54, 1.807) is 24.5 Å². The summed E-state index contributed by atoms with van der Waals surface area (Å²) in [6.45, 7) is -0.263. The van der Waals surface area contributed by atoms with Crippen LogP contribution in [0.3, 0.4) is 0 Å². The van der Waals surface area contributed by atoms with Crippen molar-refractivity contribution in [3.63, 3.8) is 0 Å². The molecule has 0 radical (unpaired) electrons. The van der Waals surface area contributed by atoms with Crippen LogP contribution in [0.4, 0.5) is 0 Å². The second kappa shape index (κ2) is 9.45. The lowest BCUT2D eigenvalue weighted by Crippen LogP contribution is -2.33. The summed E-state index contributed by atoms with van der Waals surface area (Å²) in [6, 6.07) is 7.49. The summed E-state index contributed by atoms with van der Waals surface area (Å²) in [4.78, 5) is 20.6. The molecule has 1 aromatic carbocycles. The van der Waals surface area contributed by atoms with Gasteiger partial charge in [0.15, 0.2) is 6.61 Å². The molecule has 1 saturated carbocycles. The van der Waals surface area contributed by atoms with Crippen LogP contribution in [0.25, 0.3) is 11.4 Å². The molecule has 11 heteroatoms. The van der Waals surface area contributed by atoms with Crippen LogP contribution in [0, 0.1) is 0 Å². The number of rotatable bonds is 8. The molecular formula is C21H22N4O6S. The lowest BCUT2D eigenvalue weighted by Gasteiger charge is -2.15. The average molecular weight is 458 g/mol. The van der Waals surface area contributed by atoms with Crippen molar-refractivity contribution < 1.29 is 27.2 Å². The Balaban J connectivity index is 1.47. The second-order valence-electron chi connectivity index (χ2n) is 7.30. The van der Waals surface area contributed by atoms with Gasteiger partial charge in [0.25, 0.3) is 5.89 Å². The molecule has 0 atom stereocenters.